The monoisotopic (exact) mass is 1200 g/mol. The van der Waals surface area contributed by atoms with E-state index in [9.17, 15) is 19.4 Å². The minimum atomic E-state index is -4.62. The van der Waals surface area contributed by atoms with E-state index in [1.807, 2.05) is 27.2 Å². The van der Waals surface area contributed by atoms with Gasteiger partial charge in [0.2, 0.25) is 5.91 Å². The van der Waals surface area contributed by atoms with Crippen LogP contribution in [0.1, 0.15) is 348 Å². The number of phosphoric acid groups is 1. The molecule has 9 heteroatoms. The number of allylic oxidation sites excluding steroid dienone is 11. The van der Waals surface area contributed by atoms with Gasteiger partial charge in [-0.1, -0.05) is 331 Å². The maximum Gasteiger partial charge on any atom is 0.268 e. The largest absolute Gasteiger partial charge is 0.756 e. The summed E-state index contributed by atoms with van der Waals surface area (Å²) in [5, 5.41) is 13.9. The summed E-state index contributed by atoms with van der Waals surface area (Å²) in [4.78, 5) is 25.6. The van der Waals surface area contributed by atoms with Crippen molar-refractivity contribution >= 4 is 13.7 Å². The first-order valence-corrected chi connectivity index (χ1v) is 37.8. The molecule has 0 aliphatic heterocycles. The summed E-state index contributed by atoms with van der Waals surface area (Å²) in [6, 6.07) is -0.914. The van der Waals surface area contributed by atoms with Gasteiger partial charge in [-0.2, -0.15) is 0 Å². The molecule has 1 amide bonds. The van der Waals surface area contributed by atoms with Crippen LogP contribution in [-0.4, -0.2) is 68.5 Å². The molecule has 0 aliphatic rings. The van der Waals surface area contributed by atoms with E-state index in [0.29, 0.717) is 17.4 Å². The number of hydrogen-bond donors (Lipinski definition) is 2. The number of aliphatic hydroxyl groups is 1. The number of quaternary nitrogens is 1. The van der Waals surface area contributed by atoms with Crippen molar-refractivity contribution in [3.8, 4) is 0 Å². The van der Waals surface area contributed by atoms with Crippen LogP contribution < -0.4 is 10.2 Å². The van der Waals surface area contributed by atoms with E-state index in [2.05, 4.69) is 79.9 Å². The number of nitrogens with zero attached hydrogens (tertiary/aromatic N) is 1. The van der Waals surface area contributed by atoms with Crippen LogP contribution in [0.3, 0.4) is 0 Å². The lowest BCUT2D eigenvalue weighted by Gasteiger charge is -2.29. The summed E-state index contributed by atoms with van der Waals surface area (Å²) in [5.74, 6) is -0.207. The zero-order chi connectivity index (χ0) is 61.2. The smallest absolute Gasteiger partial charge is 0.268 e. The van der Waals surface area contributed by atoms with Gasteiger partial charge in [0.25, 0.3) is 7.82 Å². The van der Waals surface area contributed by atoms with Gasteiger partial charge in [0.15, 0.2) is 0 Å². The van der Waals surface area contributed by atoms with Gasteiger partial charge in [-0.05, 0) is 83.5 Å². The standard InChI is InChI=1S/C75H141N2O6P/c1-6-8-10-12-14-16-18-20-22-24-26-28-30-32-34-36-37-38-39-41-43-45-47-49-51-53-55-57-59-61-63-65-67-69-75(79)76-73(72-83-84(80,81)82-71-70-77(3,4)5)74(78)68-66-64-62-60-58-56-54-52-50-48-46-44-42-40-35-33-31-29-27-25-23-21-19-17-15-13-11-9-7-2/h18,20,24,26,30,32,50,52,58,60,66,68,73-74,78H,6-17,19,21-23,25,27-29,31,33-49,51,53-57,59,61-65,67,69-72H2,1-5H3,(H-,76,79,80,81)/b20-18-,26-24-,32-30-,52-50+,60-58+,68-66+. The molecule has 0 rings (SSSR count). The lowest BCUT2D eigenvalue weighted by Crippen LogP contribution is -2.45. The molecule has 0 fully saturated rings. The number of nitrogens with one attached hydrogen (secondary N) is 1. The molecule has 8 nitrogen and oxygen atoms in total. The summed E-state index contributed by atoms with van der Waals surface area (Å²) in [6.45, 7) is 4.65. The molecular formula is C75H141N2O6P. The third-order valence-electron chi connectivity index (χ3n) is 16.4. The Balaban J connectivity index is 4.10. The molecule has 0 aromatic carbocycles. The Morgan fingerprint density at radius 1 is 0.417 bits per heavy atom. The molecule has 2 N–H and O–H groups in total. The molecule has 84 heavy (non-hydrogen) atoms. The highest BCUT2D eigenvalue weighted by Gasteiger charge is 2.23. The predicted molar refractivity (Wildman–Crippen MR) is 367 cm³/mol. The molecule has 492 valence electrons. The number of phosphoric ester groups is 1. The quantitative estimate of drug-likeness (QED) is 0.0272. The van der Waals surface area contributed by atoms with Crippen LogP contribution in [0.15, 0.2) is 72.9 Å². The van der Waals surface area contributed by atoms with E-state index >= 15 is 0 Å². The molecule has 0 radical (unpaired) electrons. The minimum Gasteiger partial charge on any atom is -0.756 e. The van der Waals surface area contributed by atoms with Gasteiger partial charge in [0, 0.05) is 6.42 Å². The zero-order valence-corrected chi connectivity index (χ0v) is 57.3. The van der Waals surface area contributed by atoms with Crippen molar-refractivity contribution in [3.63, 3.8) is 0 Å². The number of likely N-dealkylation sites (N-methyl/N-ethyl adjacent to an activating group) is 1. The van der Waals surface area contributed by atoms with Crippen LogP contribution in [0.5, 0.6) is 0 Å². The Morgan fingerprint density at radius 2 is 0.702 bits per heavy atom. The summed E-state index contributed by atoms with van der Waals surface area (Å²) in [7, 11) is 1.24. The van der Waals surface area contributed by atoms with Crippen molar-refractivity contribution in [2.75, 3.05) is 40.9 Å². The number of carbonyl (C=O) groups is 1. The van der Waals surface area contributed by atoms with Crippen molar-refractivity contribution in [2.24, 2.45) is 0 Å². The highest BCUT2D eigenvalue weighted by atomic mass is 31.2. The fourth-order valence-corrected chi connectivity index (χ4v) is 11.4. The first-order valence-electron chi connectivity index (χ1n) is 36.3. The summed E-state index contributed by atoms with van der Waals surface area (Å²) < 4.78 is 23.4. The molecule has 3 unspecified atom stereocenters. The normalized spacial score (nSPS) is 14.0. The summed E-state index contributed by atoms with van der Waals surface area (Å²) in [5.41, 5.74) is 0. The van der Waals surface area contributed by atoms with E-state index in [1.54, 1.807) is 6.08 Å². The molecule has 0 saturated heterocycles. The summed E-state index contributed by atoms with van der Waals surface area (Å²) in [6.07, 6.45) is 91.8. The van der Waals surface area contributed by atoms with E-state index in [1.165, 1.54) is 270 Å². The van der Waals surface area contributed by atoms with E-state index < -0.39 is 26.6 Å². The second-order valence-corrected chi connectivity index (χ2v) is 27.3. The highest BCUT2D eigenvalue weighted by Crippen LogP contribution is 2.38. The molecule has 0 spiro atoms. The topological polar surface area (TPSA) is 108 Å². The fourth-order valence-electron chi connectivity index (χ4n) is 10.7. The molecular weight excluding hydrogens is 1060 g/mol. The number of amides is 1. The van der Waals surface area contributed by atoms with Crippen LogP contribution in [0.2, 0.25) is 0 Å². The van der Waals surface area contributed by atoms with Crippen LogP contribution in [0.4, 0.5) is 0 Å². The van der Waals surface area contributed by atoms with Crippen molar-refractivity contribution in [1.29, 1.82) is 0 Å². The van der Waals surface area contributed by atoms with Gasteiger partial charge in [-0.3, -0.25) is 9.36 Å². The van der Waals surface area contributed by atoms with E-state index in [0.717, 1.165) is 57.8 Å². The second kappa shape index (κ2) is 65.4. The molecule has 3 atom stereocenters. The predicted octanol–water partition coefficient (Wildman–Crippen LogP) is 22.7. The van der Waals surface area contributed by atoms with Crippen LogP contribution in [-0.2, 0) is 18.4 Å². The molecule has 0 bridgehead atoms. The lowest BCUT2D eigenvalue weighted by molar-refractivity contribution is -0.870. The van der Waals surface area contributed by atoms with Crippen molar-refractivity contribution < 1.29 is 32.9 Å². The lowest BCUT2D eigenvalue weighted by atomic mass is 10.0. The fraction of sp³-hybridized carbons (Fsp3) is 0.827. The number of rotatable bonds is 67. The number of unbranched alkanes of at least 4 members (excludes halogenated alkanes) is 44. The molecule has 0 aromatic heterocycles. The number of hydrogen-bond acceptors (Lipinski definition) is 6. The van der Waals surface area contributed by atoms with Gasteiger partial charge in [0.1, 0.15) is 13.2 Å². The van der Waals surface area contributed by atoms with Crippen LogP contribution in [0.25, 0.3) is 0 Å². The Labute approximate surface area is 523 Å². The minimum absolute atomic E-state index is 0.00989. The Kier molecular flexibility index (Phi) is 63.8. The third-order valence-corrected chi connectivity index (χ3v) is 17.3. The number of aliphatic hydroxyl groups excluding tert-OH is 1. The van der Waals surface area contributed by atoms with Crippen LogP contribution in [0, 0.1) is 0 Å². The van der Waals surface area contributed by atoms with Gasteiger partial charge in [-0.15, -0.1) is 0 Å². The maximum atomic E-state index is 13.0. The van der Waals surface area contributed by atoms with Gasteiger partial charge in [-0.25, -0.2) is 0 Å². The third kappa shape index (κ3) is 67.4. The average Bonchev–Trinajstić information content (AvgIpc) is 3.56. The molecule has 0 aromatic rings. The first kappa shape index (κ1) is 81.9. The number of carbonyl (C=O) groups excluding carboxylic acids is 1. The molecule has 0 aliphatic carbocycles. The SMILES string of the molecule is CCCCCCC/C=C\C/C=C\C/C=C\CCCCCCCCCCCCCCCCCCCCC(=O)NC(COP(=O)([O-])OCC[N+](C)(C)C)C(O)/C=C/CC/C=C/CC/C=C/CCCCCCCCCCCCCCCCCCCCC. The van der Waals surface area contributed by atoms with Crippen molar-refractivity contribution in [3.05, 3.63) is 72.9 Å². The Bertz CT molecular complexity index is 1600. The summed E-state index contributed by atoms with van der Waals surface area (Å²) >= 11 is 0. The van der Waals surface area contributed by atoms with Gasteiger partial charge >= 0.3 is 0 Å². The highest BCUT2D eigenvalue weighted by molar-refractivity contribution is 7.45. The Hall–Kier alpha value is -2.06. The second-order valence-electron chi connectivity index (χ2n) is 25.9. The van der Waals surface area contributed by atoms with E-state index in [4.69, 9.17) is 9.05 Å². The van der Waals surface area contributed by atoms with E-state index in [-0.39, 0.29) is 12.5 Å². The average molecular weight is 1200 g/mol. The molecule has 0 saturated carbocycles. The van der Waals surface area contributed by atoms with Gasteiger partial charge in [0.05, 0.1) is 39.9 Å². The molecule has 0 heterocycles. The van der Waals surface area contributed by atoms with Crippen molar-refractivity contribution in [1.82, 2.24) is 5.32 Å². The van der Waals surface area contributed by atoms with Crippen LogP contribution >= 0.6 is 7.82 Å². The maximum absolute atomic E-state index is 13.0. The Morgan fingerprint density at radius 3 is 1.05 bits per heavy atom. The van der Waals surface area contributed by atoms with Crippen molar-refractivity contribution in [2.45, 2.75) is 360 Å². The zero-order valence-electron chi connectivity index (χ0n) is 56.4. The van der Waals surface area contributed by atoms with Gasteiger partial charge < -0.3 is 28.8 Å². The first-order chi connectivity index (χ1) is 41.0.